The first-order valence-electron chi connectivity index (χ1n) is 22.1. The van der Waals surface area contributed by atoms with Gasteiger partial charge in [-0.3, -0.25) is 19.3 Å². The van der Waals surface area contributed by atoms with Gasteiger partial charge in [0, 0.05) is 88.9 Å². The van der Waals surface area contributed by atoms with Crippen LogP contribution in [0.1, 0.15) is 54.8 Å². The Morgan fingerprint density at radius 2 is 1.89 bits per heavy atom. The predicted molar refractivity (Wildman–Crippen MR) is 259 cm³/mol. The third-order valence-corrected chi connectivity index (χ3v) is 17.0. The molecule has 2 saturated carbocycles. The highest BCUT2D eigenvalue weighted by Gasteiger charge is 2.56. The van der Waals surface area contributed by atoms with E-state index in [1.165, 1.54) is 50.5 Å². The third-order valence-electron chi connectivity index (χ3n) is 12.6. The van der Waals surface area contributed by atoms with Crippen molar-refractivity contribution in [2.75, 3.05) is 49.3 Å². The standard InChI is InChI=1S/C44H42ClF2N11O8S4/c1-3-66-53-30(36-52-42(49)70-54-36)37(60)51-31-38(61)58-34(27(18-67-39(31)58)69-43-50-25(17-68-43)20-5-9-55(2)10-6-20)41(63)65-12-4-11-64-40(62)22-15-57(26-14-23(26)46)32-21(35(22)59)13-24(47)33(29(32)45)56-16-28(48)44(19-56)7-8-44/h5-6,9-10,13,15,17,23,26,28,31,39H,3-4,7-8,11-12,14,16,18-19,48H2,1-2H3,(H2-,49,51,52,54,60)/p+1/b53-30+/t23-,26?,28+,31+,39+/m1/s1. The lowest BCUT2D eigenvalue weighted by atomic mass is 10.0. The van der Waals surface area contributed by atoms with Gasteiger partial charge in [0.05, 0.1) is 46.6 Å². The number of ether oxygens (including phenoxy) is 2. The summed E-state index contributed by atoms with van der Waals surface area (Å²) in [7, 11) is 1.90. The van der Waals surface area contributed by atoms with E-state index in [2.05, 4.69) is 19.8 Å². The van der Waals surface area contributed by atoms with Crippen LogP contribution in [0, 0.1) is 11.2 Å². The number of nitrogens with one attached hydrogen (secondary N) is 1. The molecule has 1 unspecified atom stereocenters. The number of aryl methyl sites for hydroxylation is 1. The van der Waals surface area contributed by atoms with Gasteiger partial charge in [-0.25, -0.2) is 27.9 Å². The molecule has 26 heteroatoms. The minimum atomic E-state index is -1.27. The summed E-state index contributed by atoms with van der Waals surface area (Å²) in [6.07, 6.45) is 5.65. The number of anilines is 2. The summed E-state index contributed by atoms with van der Waals surface area (Å²) in [4.78, 5) is 86.3. The Labute approximate surface area is 418 Å². The van der Waals surface area contributed by atoms with Crippen LogP contribution in [0.5, 0.6) is 0 Å². The van der Waals surface area contributed by atoms with Crippen molar-refractivity contribution in [3.63, 3.8) is 0 Å². The number of carbonyl (C=O) groups excluding carboxylic acids is 4. The zero-order chi connectivity index (χ0) is 49.2. The predicted octanol–water partition coefficient (Wildman–Crippen LogP) is 4.32. The van der Waals surface area contributed by atoms with Crippen molar-refractivity contribution in [3.8, 4) is 11.3 Å². The zero-order valence-electron chi connectivity index (χ0n) is 37.3. The Bertz CT molecular complexity index is 3090. The number of nitrogen functional groups attached to an aromatic ring is 1. The smallest absolute Gasteiger partial charge is 0.355 e. The number of halogens is 3. The van der Waals surface area contributed by atoms with Gasteiger partial charge in [0.15, 0.2) is 21.9 Å². The number of nitrogens with two attached hydrogens (primary N) is 2. The van der Waals surface area contributed by atoms with Crippen LogP contribution in [0.4, 0.5) is 19.6 Å². The number of alkyl halides is 1. The Balaban J connectivity index is 0.839. The molecule has 5 aromatic rings. The van der Waals surface area contributed by atoms with Gasteiger partial charge in [-0.1, -0.05) is 28.5 Å². The maximum atomic E-state index is 15.9. The lowest BCUT2D eigenvalue weighted by Crippen LogP contribution is -2.71. The SMILES string of the molecule is CCO/N=C(/C(=O)N[C@H]1C(=O)N2C(C(=O)OCCCOC(=O)c3cn(C4C[C@H]4F)c4c(Cl)c(N5C[C@H](N)C6(CC6)C5)c(F)cc4c3=O)=C(Sc3nc(-c4cc[n+](C)cc4)cs3)CS[C@@H]12)c1nsc(N)n1. The van der Waals surface area contributed by atoms with Gasteiger partial charge in [0.2, 0.25) is 17.0 Å². The number of aromatic nitrogens is 5. The average Bonchev–Trinajstić information content (AvgIpc) is 4.11. The minimum Gasteiger partial charge on any atom is -0.462 e. The summed E-state index contributed by atoms with van der Waals surface area (Å²) in [5.74, 6) is -3.90. The van der Waals surface area contributed by atoms with Crippen molar-refractivity contribution in [2.45, 2.75) is 66.6 Å². The topological polar surface area (TPSA) is 243 Å². The number of benzene rings is 1. The molecule has 5 N–H and O–H groups in total. The van der Waals surface area contributed by atoms with E-state index >= 15 is 4.39 Å². The summed E-state index contributed by atoms with van der Waals surface area (Å²) in [5.41, 5.74) is 12.2. The van der Waals surface area contributed by atoms with Crippen molar-refractivity contribution in [1.29, 1.82) is 0 Å². The molecule has 366 valence electrons. The van der Waals surface area contributed by atoms with Crippen LogP contribution >= 0.6 is 58.0 Å². The Morgan fingerprint density at radius 3 is 2.56 bits per heavy atom. The second kappa shape index (κ2) is 19.1. The molecule has 0 bridgehead atoms. The molecule has 4 fully saturated rings. The highest BCUT2D eigenvalue weighted by atomic mass is 35.5. The summed E-state index contributed by atoms with van der Waals surface area (Å²) < 4.78 is 49.7. The molecule has 2 amide bonds. The van der Waals surface area contributed by atoms with Crippen LogP contribution in [-0.4, -0.2) is 116 Å². The normalized spacial score (nSPS) is 22.3. The number of carbonyl (C=O) groups is 4. The molecule has 1 spiro atoms. The fourth-order valence-corrected chi connectivity index (χ4v) is 13.0. The van der Waals surface area contributed by atoms with Crippen molar-refractivity contribution < 1.29 is 46.8 Å². The van der Waals surface area contributed by atoms with Gasteiger partial charge in [-0.05, 0) is 25.8 Å². The van der Waals surface area contributed by atoms with Crippen molar-refractivity contribution in [1.82, 2.24) is 29.1 Å². The van der Waals surface area contributed by atoms with E-state index in [1.54, 1.807) is 11.8 Å². The minimum absolute atomic E-state index is 0.0277. The summed E-state index contributed by atoms with van der Waals surface area (Å²) in [6.45, 7) is 2.08. The molecule has 5 atom stereocenters. The lowest BCUT2D eigenvalue weighted by Gasteiger charge is -2.49. The Kier molecular flexibility index (Phi) is 13.1. The number of nitrogens with zero attached hydrogens (tertiary/aromatic N) is 8. The second-order valence-corrected chi connectivity index (χ2v) is 21.8. The van der Waals surface area contributed by atoms with Crippen molar-refractivity contribution in [2.24, 2.45) is 23.4 Å². The molecular formula is C44H43ClF2N11O8S4+. The number of fused-ring (bicyclic) bond motifs is 2. The maximum absolute atomic E-state index is 15.9. The summed E-state index contributed by atoms with van der Waals surface area (Å²) >= 11 is 11.6. The van der Waals surface area contributed by atoms with E-state index < -0.39 is 64.2 Å². The first kappa shape index (κ1) is 47.9. The number of thioether (sulfide) groups is 2. The van der Waals surface area contributed by atoms with Gasteiger partial charge in [0.25, 0.3) is 11.8 Å². The molecule has 0 radical (unpaired) electrons. The molecular weight excluding hydrogens is 1010 g/mol. The number of pyridine rings is 2. The number of thiazole rings is 1. The van der Waals surface area contributed by atoms with E-state index in [4.69, 9.17) is 42.4 Å². The molecule has 7 heterocycles. The monoisotopic (exact) mass is 1050 g/mol. The van der Waals surface area contributed by atoms with E-state index in [1.807, 2.05) is 41.5 Å². The van der Waals surface area contributed by atoms with Crippen molar-refractivity contribution in [3.05, 3.63) is 85.2 Å². The third kappa shape index (κ3) is 8.99. The van der Waals surface area contributed by atoms with Gasteiger partial charge >= 0.3 is 11.9 Å². The number of rotatable bonds is 16. The van der Waals surface area contributed by atoms with Gasteiger partial charge in [-0.2, -0.15) is 9.36 Å². The van der Waals surface area contributed by atoms with Crippen LogP contribution in [0.15, 0.2) is 67.1 Å². The van der Waals surface area contributed by atoms with Gasteiger partial charge in [0.1, 0.15) is 48.3 Å². The Hall–Kier alpha value is -5.73. The molecule has 1 aromatic carbocycles. The maximum Gasteiger partial charge on any atom is 0.355 e. The highest BCUT2D eigenvalue weighted by molar-refractivity contribution is 8.07. The van der Waals surface area contributed by atoms with E-state index in [-0.39, 0.29) is 93.8 Å². The quantitative estimate of drug-likeness (QED) is 0.0311. The molecule has 19 nitrogen and oxygen atoms in total. The van der Waals surface area contributed by atoms with E-state index in [0.717, 1.165) is 41.7 Å². The van der Waals surface area contributed by atoms with Crippen molar-refractivity contribution >= 4 is 109 Å². The number of β-lactam (4-membered cyclic amide) rings is 1. The zero-order valence-corrected chi connectivity index (χ0v) is 41.3. The molecule has 2 aliphatic carbocycles. The number of hydrogen-bond acceptors (Lipinski definition) is 19. The lowest BCUT2D eigenvalue weighted by molar-refractivity contribution is -0.671. The first-order chi connectivity index (χ1) is 33.7. The first-order valence-corrected chi connectivity index (χ1v) is 26.0. The fourth-order valence-electron chi connectivity index (χ4n) is 8.68. The number of amides is 2. The van der Waals surface area contributed by atoms with Crippen LogP contribution in [0.3, 0.4) is 0 Å². The Morgan fingerprint density at radius 1 is 1.14 bits per heavy atom. The molecule has 10 rings (SSSR count). The summed E-state index contributed by atoms with van der Waals surface area (Å²) in [6, 6.07) is 2.89. The fraction of sp³-hybridized carbons (Fsp3) is 0.409. The molecule has 3 aliphatic heterocycles. The number of hydrogen-bond donors (Lipinski definition) is 3. The molecule has 4 aromatic heterocycles. The van der Waals surface area contributed by atoms with Gasteiger partial charge < -0.3 is 40.6 Å². The van der Waals surface area contributed by atoms with E-state index in [9.17, 15) is 28.4 Å². The van der Waals surface area contributed by atoms with E-state index in [0.29, 0.717) is 22.3 Å². The average molecular weight is 1060 g/mol. The van der Waals surface area contributed by atoms with Crippen LogP contribution < -0.4 is 31.7 Å². The number of esters is 2. The number of oxime groups is 1. The van der Waals surface area contributed by atoms with Crippen LogP contribution in [0.25, 0.3) is 22.2 Å². The molecule has 2 saturated heterocycles. The largest absolute Gasteiger partial charge is 0.462 e. The van der Waals surface area contributed by atoms with Crippen LogP contribution in [-0.2, 0) is 35.7 Å². The molecule has 70 heavy (non-hydrogen) atoms. The van der Waals surface area contributed by atoms with Crippen LogP contribution in [0.2, 0.25) is 5.02 Å². The summed E-state index contributed by atoms with van der Waals surface area (Å²) in [5, 5.41) is 7.53. The van der Waals surface area contributed by atoms with Gasteiger partial charge in [-0.15, -0.1) is 23.1 Å². The molecule has 5 aliphatic rings. The second-order valence-electron chi connectivity index (χ2n) is 17.3. The highest BCUT2D eigenvalue weighted by Crippen LogP contribution is 2.54.